The van der Waals surface area contributed by atoms with Crippen LogP contribution in [-0.4, -0.2) is 15.7 Å². The van der Waals surface area contributed by atoms with Gasteiger partial charge in [0.05, 0.1) is 5.69 Å². The average Bonchev–Trinajstić information content (AvgIpc) is 2.72. The lowest BCUT2D eigenvalue weighted by molar-refractivity contribution is 0.252. The van der Waals surface area contributed by atoms with Crippen LogP contribution in [0.5, 0.6) is 0 Å². The van der Waals surface area contributed by atoms with Gasteiger partial charge in [-0.25, -0.2) is 14.5 Å². The fourth-order valence-corrected chi connectivity index (χ4v) is 1.31. The third kappa shape index (κ3) is 2.32. The highest BCUT2D eigenvalue weighted by Crippen LogP contribution is 2.13. The van der Waals surface area contributed by atoms with Crippen LogP contribution in [0.15, 0.2) is 49.1 Å². The summed E-state index contributed by atoms with van der Waals surface area (Å²) in [6.07, 6.45) is 4.74. The van der Waals surface area contributed by atoms with E-state index in [1.807, 2.05) is 18.2 Å². The number of halogens is 1. The number of imidazole rings is 1. The molecule has 0 unspecified atom stereocenters. The Kier molecular flexibility index (Phi) is 3.90. The Bertz CT molecular complexity index is 443. The summed E-state index contributed by atoms with van der Waals surface area (Å²) >= 11 is 0. The van der Waals surface area contributed by atoms with Crippen molar-refractivity contribution in [3.8, 4) is 0 Å². The van der Waals surface area contributed by atoms with Crippen molar-refractivity contribution in [1.29, 1.82) is 0 Å². The summed E-state index contributed by atoms with van der Waals surface area (Å²) in [4.78, 5) is 15.2. The molecule has 0 atom stereocenters. The maximum absolute atomic E-state index is 11.3. The fourth-order valence-electron chi connectivity index (χ4n) is 1.31. The first-order valence-corrected chi connectivity index (χ1v) is 4.42. The first-order chi connectivity index (χ1) is 7.29. The van der Waals surface area contributed by atoms with E-state index in [1.165, 1.54) is 16.0 Å². The fraction of sp³-hybridized carbons (Fsp3) is 0. The number of carbonyl (C=O) groups is 1. The van der Waals surface area contributed by atoms with E-state index in [2.05, 4.69) is 4.98 Å². The topological polar surface area (TPSA) is 64.2 Å². The molecule has 2 aromatic rings. The Balaban J connectivity index is 0.00000128. The zero-order valence-corrected chi connectivity index (χ0v) is 9.17. The minimum atomic E-state index is -0.556. The molecule has 1 aromatic carbocycles. The number of nitrogens with zero attached hydrogens (tertiary/aromatic N) is 3. The summed E-state index contributed by atoms with van der Waals surface area (Å²) in [5, 5.41) is 1.33. The summed E-state index contributed by atoms with van der Waals surface area (Å²) in [5.74, 6) is 0. The second-order valence-electron chi connectivity index (χ2n) is 2.93. The van der Waals surface area contributed by atoms with Gasteiger partial charge in [-0.1, -0.05) is 18.2 Å². The lowest BCUT2D eigenvalue weighted by atomic mass is 10.3. The first kappa shape index (κ1) is 12.1. The minimum Gasteiger partial charge on any atom is -0.350 e. The van der Waals surface area contributed by atoms with E-state index in [9.17, 15) is 4.79 Å². The van der Waals surface area contributed by atoms with Crippen molar-refractivity contribution >= 4 is 24.1 Å². The molecule has 6 heteroatoms. The normalized spacial score (nSPS) is 9.25. The summed E-state index contributed by atoms with van der Waals surface area (Å²) in [6, 6.07) is 8.58. The van der Waals surface area contributed by atoms with Gasteiger partial charge in [0.15, 0.2) is 0 Å². The van der Waals surface area contributed by atoms with Crippen molar-refractivity contribution in [3.05, 3.63) is 49.1 Å². The summed E-state index contributed by atoms with van der Waals surface area (Å²) in [7, 11) is 0. The zero-order valence-electron chi connectivity index (χ0n) is 8.35. The third-order valence-corrected chi connectivity index (χ3v) is 1.93. The Morgan fingerprint density at radius 3 is 2.50 bits per heavy atom. The number of hydrogen-bond acceptors (Lipinski definition) is 2. The van der Waals surface area contributed by atoms with Crippen molar-refractivity contribution in [2.45, 2.75) is 0 Å². The van der Waals surface area contributed by atoms with Crippen molar-refractivity contribution in [2.24, 2.45) is 5.73 Å². The predicted molar refractivity (Wildman–Crippen MR) is 63.4 cm³/mol. The van der Waals surface area contributed by atoms with Crippen LogP contribution < -0.4 is 10.7 Å². The number of amides is 2. The highest BCUT2D eigenvalue weighted by atomic mass is 35.5. The maximum atomic E-state index is 11.3. The average molecular weight is 239 g/mol. The molecule has 16 heavy (non-hydrogen) atoms. The molecular formula is C10H11ClN4O. The first-order valence-electron chi connectivity index (χ1n) is 4.42. The van der Waals surface area contributed by atoms with Crippen molar-refractivity contribution in [2.75, 3.05) is 5.01 Å². The van der Waals surface area contributed by atoms with E-state index in [0.717, 1.165) is 0 Å². The van der Waals surface area contributed by atoms with Gasteiger partial charge in [0, 0.05) is 12.4 Å². The van der Waals surface area contributed by atoms with Gasteiger partial charge < -0.3 is 5.73 Å². The molecule has 5 nitrogen and oxygen atoms in total. The van der Waals surface area contributed by atoms with Gasteiger partial charge >= 0.3 is 6.03 Å². The Morgan fingerprint density at radius 1 is 1.31 bits per heavy atom. The number of primary amides is 1. The molecule has 2 rings (SSSR count). The molecule has 1 heterocycles. The third-order valence-electron chi connectivity index (χ3n) is 1.93. The van der Waals surface area contributed by atoms with Gasteiger partial charge in [-0.15, -0.1) is 12.4 Å². The van der Waals surface area contributed by atoms with Gasteiger partial charge in [0.2, 0.25) is 0 Å². The second-order valence-corrected chi connectivity index (χ2v) is 2.93. The molecule has 0 aliphatic heterocycles. The molecule has 0 fully saturated rings. The standard InChI is InChI=1S/C10H10N4O.ClH/c11-10(15)14(13-7-6-12-8-13)9-4-2-1-3-5-9;/h1-8H,(H2,11,15);1H. The summed E-state index contributed by atoms with van der Waals surface area (Å²) < 4.78 is 1.53. The van der Waals surface area contributed by atoms with E-state index >= 15 is 0 Å². The molecule has 0 saturated carbocycles. The van der Waals surface area contributed by atoms with Crippen molar-refractivity contribution < 1.29 is 4.79 Å². The van der Waals surface area contributed by atoms with Gasteiger partial charge in [0.25, 0.3) is 0 Å². The summed E-state index contributed by atoms with van der Waals surface area (Å²) in [6.45, 7) is 0. The van der Waals surface area contributed by atoms with Crippen LogP contribution in [0, 0.1) is 0 Å². The monoisotopic (exact) mass is 238 g/mol. The van der Waals surface area contributed by atoms with Gasteiger partial charge in [-0.3, -0.25) is 0 Å². The van der Waals surface area contributed by atoms with Crippen LogP contribution in [0.2, 0.25) is 0 Å². The van der Waals surface area contributed by atoms with E-state index < -0.39 is 6.03 Å². The molecule has 84 valence electrons. The number of anilines is 1. The van der Waals surface area contributed by atoms with E-state index in [-0.39, 0.29) is 12.4 Å². The molecule has 0 radical (unpaired) electrons. The van der Waals surface area contributed by atoms with Crippen LogP contribution in [0.3, 0.4) is 0 Å². The van der Waals surface area contributed by atoms with E-state index in [0.29, 0.717) is 5.69 Å². The van der Waals surface area contributed by atoms with Gasteiger partial charge in [-0.05, 0) is 12.1 Å². The smallest absolute Gasteiger partial charge is 0.338 e. The molecule has 2 N–H and O–H groups in total. The van der Waals surface area contributed by atoms with Crippen molar-refractivity contribution in [3.63, 3.8) is 0 Å². The molecule has 0 bridgehead atoms. The SMILES string of the molecule is Cl.NC(=O)N(c1ccccc1)n1ccnc1. The lowest BCUT2D eigenvalue weighted by Crippen LogP contribution is -2.39. The number of carbonyl (C=O) groups excluding carboxylic acids is 1. The highest BCUT2D eigenvalue weighted by molar-refractivity contribution is 5.89. The largest absolute Gasteiger partial charge is 0.350 e. The van der Waals surface area contributed by atoms with Gasteiger partial charge in [0.1, 0.15) is 6.33 Å². The van der Waals surface area contributed by atoms with Crippen LogP contribution in [0.1, 0.15) is 0 Å². The lowest BCUT2D eigenvalue weighted by Gasteiger charge is -2.20. The highest BCUT2D eigenvalue weighted by Gasteiger charge is 2.12. The van der Waals surface area contributed by atoms with E-state index in [1.54, 1.807) is 24.5 Å². The Morgan fingerprint density at radius 2 is 2.00 bits per heavy atom. The number of rotatable bonds is 2. The summed E-state index contributed by atoms with van der Waals surface area (Å²) in [5.41, 5.74) is 6.00. The van der Waals surface area contributed by atoms with E-state index in [4.69, 9.17) is 5.73 Å². The number of hydrogen-bond donors (Lipinski definition) is 1. The zero-order chi connectivity index (χ0) is 10.7. The minimum absolute atomic E-state index is 0. The molecule has 1 aromatic heterocycles. The van der Waals surface area contributed by atoms with Crippen LogP contribution in [0.25, 0.3) is 0 Å². The predicted octanol–water partition coefficient (Wildman–Crippen LogP) is 1.65. The molecular weight excluding hydrogens is 228 g/mol. The molecule has 0 saturated heterocycles. The van der Waals surface area contributed by atoms with Gasteiger partial charge in [-0.2, -0.15) is 5.01 Å². The molecule has 2 amide bonds. The number of aromatic nitrogens is 2. The number of benzene rings is 1. The Hall–Kier alpha value is -2.01. The number of urea groups is 1. The van der Waals surface area contributed by atoms with Crippen LogP contribution >= 0.6 is 12.4 Å². The number of nitrogens with two attached hydrogens (primary N) is 1. The second kappa shape index (κ2) is 5.18. The molecule has 0 aliphatic rings. The quantitative estimate of drug-likeness (QED) is 0.865. The number of para-hydroxylation sites is 1. The molecule has 0 aliphatic carbocycles. The van der Waals surface area contributed by atoms with Crippen LogP contribution in [-0.2, 0) is 0 Å². The molecule has 0 spiro atoms. The van der Waals surface area contributed by atoms with Crippen molar-refractivity contribution in [1.82, 2.24) is 9.66 Å². The van der Waals surface area contributed by atoms with Crippen LogP contribution in [0.4, 0.5) is 10.5 Å². The Labute approximate surface area is 98.9 Å². The maximum Gasteiger partial charge on any atom is 0.338 e.